The van der Waals surface area contributed by atoms with Crippen LogP contribution in [0.2, 0.25) is 0 Å². The molecule has 2 atom stereocenters. The van der Waals surface area contributed by atoms with E-state index in [4.69, 9.17) is 18.5 Å². The maximum absolute atomic E-state index is 12.9. The number of phosphoric ester groups is 1. The molecule has 0 aromatic heterocycles. The van der Waals surface area contributed by atoms with Crippen molar-refractivity contribution in [2.45, 2.75) is 264 Å². The summed E-state index contributed by atoms with van der Waals surface area (Å²) in [5.41, 5.74) is 0. The van der Waals surface area contributed by atoms with E-state index in [0.29, 0.717) is 17.4 Å². The highest BCUT2D eigenvalue weighted by atomic mass is 31.2. The number of hydrogen-bond acceptors (Lipinski definition) is 7. The third-order valence-corrected chi connectivity index (χ3v) is 15.2. The predicted molar refractivity (Wildman–Crippen MR) is 380 cm³/mol. The Balaban J connectivity index is 4.16. The highest BCUT2D eigenvalue weighted by Gasteiger charge is 2.27. The van der Waals surface area contributed by atoms with E-state index in [2.05, 4.69) is 184 Å². The predicted octanol–water partition coefficient (Wildman–Crippen LogP) is 22.9. The van der Waals surface area contributed by atoms with Crippen LogP contribution in [0.1, 0.15) is 258 Å². The number of hydrogen-bond donors (Lipinski definition) is 1. The van der Waals surface area contributed by atoms with Crippen molar-refractivity contribution in [1.82, 2.24) is 0 Å². The first-order valence-electron chi connectivity index (χ1n) is 34.9. The SMILES string of the molecule is CC/C=C\C/C=C\C/C=C\C/C=C\C/C=C\C/C=C\C/C=C\C/C=C\C/C=C\CCCCCCCC(=O)OC(COC(=O)CCCCCCCCCCCCCCCCC/C=C\C/C=C\C/C=C\C/C=C\C/C=C\CC)COP(=O)(O)OCC[N+](C)(C)C. The number of unbranched alkanes of at least 4 members (excludes halogenated alkanes) is 20. The summed E-state index contributed by atoms with van der Waals surface area (Å²) in [5.74, 6) is -0.827. The van der Waals surface area contributed by atoms with Gasteiger partial charge in [0, 0.05) is 12.8 Å². The number of ether oxygens (including phenoxy) is 2. The Morgan fingerprint density at radius 3 is 0.909 bits per heavy atom. The Labute approximate surface area is 540 Å². The van der Waals surface area contributed by atoms with Crippen LogP contribution in [0.25, 0.3) is 0 Å². The van der Waals surface area contributed by atoms with E-state index < -0.39 is 26.5 Å². The van der Waals surface area contributed by atoms with Gasteiger partial charge in [0.25, 0.3) is 0 Å². The molecule has 0 rings (SSSR count). The van der Waals surface area contributed by atoms with Gasteiger partial charge in [-0.15, -0.1) is 0 Å². The van der Waals surface area contributed by atoms with Gasteiger partial charge >= 0.3 is 19.8 Å². The Morgan fingerprint density at radius 1 is 0.352 bits per heavy atom. The topological polar surface area (TPSA) is 108 Å². The van der Waals surface area contributed by atoms with Crippen molar-refractivity contribution in [2.24, 2.45) is 0 Å². The zero-order valence-corrected chi connectivity index (χ0v) is 57.5. The highest BCUT2D eigenvalue weighted by Crippen LogP contribution is 2.43. The average Bonchev–Trinajstić information content (AvgIpc) is 3.56. The minimum absolute atomic E-state index is 0.0189. The van der Waals surface area contributed by atoms with Crippen LogP contribution in [0.5, 0.6) is 0 Å². The standard InChI is InChI=1S/C78H128NO8P/c1-6-8-10-12-14-16-18-20-22-24-26-28-30-32-34-36-38-39-41-43-45-47-49-51-53-55-57-59-61-63-65-67-69-71-78(81)87-76(75-86-88(82,83)85-73-72-79(3,4)5)74-84-77(80)70-68-66-64-62-60-58-56-54-52-50-48-46-44-42-40-37-35-33-31-29-27-25-23-21-19-17-15-13-11-9-7-2/h8-11,14-17,20-23,26-29,32-35,38-39,43,45,49,51,55,57,76H,6-7,12-13,18-19,24-25,30-31,36-37,40-42,44,46-48,50,52-54,56,58-75H2,1-5H3/p+1/b10-8-,11-9-,16-14-,17-15-,22-20-,23-21-,28-26-,29-27-,34-32-,35-33-,39-38-,45-43-,51-49-,57-55-. The van der Waals surface area contributed by atoms with Crippen LogP contribution < -0.4 is 0 Å². The monoisotopic (exact) mass is 1240 g/mol. The molecule has 1 N–H and O–H groups in total. The molecule has 0 saturated carbocycles. The molecule has 9 nitrogen and oxygen atoms in total. The van der Waals surface area contributed by atoms with Crippen LogP contribution in [-0.4, -0.2) is 74.9 Å². The lowest BCUT2D eigenvalue weighted by Crippen LogP contribution is -2.37. The molecule has 2 unspecified atom stereocenters. The van der Waals surface area contributed by atoms with Crippen molar-refractivity contribution >= 4 is 19.8 Å². The summed E-state index contributed by atoms with van der Waals surface area (Å²) in [6.07, 6.45) is 102. The highest BCUT2D eigenvalue weighted by molar-refractivity contribution is 7.47. The zero-order chi connectivity index (χ0) is 64.1. The molecule has 0 bridgehead atoms. The number of carbonyl (C=O) groups is 2. The molecular weight excluding hydrogens is 1110 g/mol. The van der Waals surface area contributed by atoms with Gasteiger partial charge in [0.1, 0.15) is 19.8 Å². The molecule has 0 aliphatic carbocycles. The van der Waals surface area contributed by atoms with Crippen molar-refractivity contribution in [3.05, 3.63) is 170 Å². The normalized spacial score (nSPS) is 14.2. The van der Waals surface area contributed by atoms with Gasteiger partial charge in [0.2, 0.25) is 0 Å². The molecule has 0 aromatic carbocycles. The van der Waals surface area contributed by atoms with Crippen LogP contribution in [0.15, 0.2) is 170 Å². The number of quaternary nitrogens is 1. The molecule has 0 saturated heterocycles. The second kappa shape index (κ2) is 66.8. The fourth-order valence-electron chi connectivity index (χ4n) is 8.98. The first-order valence-corrected chi connectivity index (χ1v) is 36.4. The summed E-state index contributed by atoms with van der Waals surface area (Å²) < 4.78 is 34.7. The Hall–Kier alpha value is -4.63. The van der Waals surface area contributed by atoms with Gasteiger partial charge in [-0.1, -0.05) is 287 Å². The summed E-state index contributed by atoms with van der Waals surface area (Å²) in [5, 5.41) is 0. The smallest absolute Gasteiger partial charge is 0.462 e. The van der Waals surface area contributed by atoms with Gasteiger partial charge in [-0.05, 0) is 128 Å². The first kappa shape index (κ1) is 83.4. The van der Waals surface area contributed by atoms with Gasteiger partial charge < -0.3 is 18.9 Å². The second-order valence-corrected chi connectivity index (χ2v) is 25.3. The maximum Gasteiger partial charge on any atom is 0.472 e. The van der Waals surface area contributed by atoms with Gasteiger partial charge in [-0.3, -0.25) is 18.6 Å². The van der Waals surface area contributed by atoms with Crippen LogP contribution in [0.4, 0.5) is 0 Å². The van der Waals surface area contributed by atoms with Crippen LogP contribution in [-0.2, 0) is 32.7 Å². The van der Waals surface area contributed by atoms with Gasteiger partial charge in [0.15, 0.2) is 6.10 Å². The number of rotatable bonds is 62. The van der Waals surface area contributed by atoms with Crippen LogP contribution in [0.3, 0.4) is 0 Å². The first-order chi connectivity index (χ1) is 43.0. The number of esters is 2. The lowest BCUT2D eigenvalue weighted by molar-refractivity contribution is -0.870. The zero-order valence-electron chi connectivity index (χ0n) is 56.6. The summed E-state index contributed by atoms with van der Waals surface area (Å²) in [4.78, 5) is 35.9. The third kappa shape index (κ3) is 70.5. The number of nitrogens with zero attached hydrogens (tertiary/aromatic N) is 1. The number of carbonyl (C=O) groups excluding carboxylic acids is 2. The molecule has 0 fully saturated rings. The molecule has 0 spiro atoms. The van der Waals surface area contributed by atoms with E-state index >= 15 is 0 Å². The van der Waals surface area contributed by atoms with E-state index in [1.54, 1.807) is 0 Å². The molecule has 0 amide bonds. The summed E-state index contributed by atoms with van der Waals surface area (Å²) in [7, 11) is 1.44. The van der Waals surface area contributed by atoms with Crippen molar-refractivity contribution in [1.29, 1.82) is 0 Å². The van der Waals surface area contributed by atoms with E-state index in [1.165, 1.54) is 83.5 Å². The number of phosphoric acid groups is 1. The molecule has 0 aliphatic rings. The van der Waals surface area contributed by atoms with Gasteiger partial charge in [-0.2, -0.15) is 0 Å². The van der Waals surface area contributed by atoms with Crippen LogP contribution >= 0.6 is 7.82 Å². The Kier molecular flexibility index (Phi) is 63.3. The quantitative estimate of drug-likeness (QED) is 0.0211. The molecule has 0 aliphatic heterocycles. The Bertz CT molecular complexity index is 2090. The van der Waals surface area contributed by atoms with Crippen molar-refractivity contribution < 1.29 is 42.1 Å². The van der Waals surface area contributed by atoms with E-state index in [9.17, 15) is 19.0 Å². The fraction of sp³-hybridized carbons (Fsp3) is 0.615. The average molecular weight is 1240 g/mol. The lowest BCUT2D eigenvalue weighted by atomic mass is 10.0. The largest absolute Gasteiger partial charge is 0.472 e. The lowest BCUT2D eigenvalue weighted by Gasteiger charge is -2.24. The summed E-state index contributed by atoms with van der Waals surface area (Å²) in [6.45, 7) is 4.17. The molecule has 10 heteroatoms. The van der Waals surface area contributed by atoms with Crippen LogP contribution in [0, 0.1) is 0 Å². The van der Waals surface area contributed by atoms with E-state index in [0.717, 1.165) is 141 Å². The summed E-state index contributed by atoms with van der Waals surface area (Å²) in [6, 6.07) is 0. The molecule has 498 valence electrons. The number of likely N-dealkylation sites (N-methyl/N-ethyl adjacent to an activating group) is 1. The van der Waals surface area contributed by atoms with Crippen molar-refractivity contribution in [3.63, 3.8) is 0 Å². The Morgan fingerprint density at radius 2 is 0.614 bits per heavy atom. The number of allylic oxidation sites excluding steroid dienone is 28. The second-order valence-electron chi connectivity index (χ2n) is 23.8. The van der Waals surface area contributed by atoms with E-state index in [1.807, 2.05) is 21.1 Å². The van der Waals surface area contributed by atoms with Gasteiger partial charge in [0.05, 0.1) is 27.7 Å². The fourth-order valence-corrected chi connectivity index (χ4v) is 9.72. The van der Waals surface area contributed by atoms with E-state index in [-0.39, 0.29) is 32.0 Å². The molecule has 88 heavy (non-hydrogen) atoms. The molecule has 0 heterocycles. The molecular formula is C78H129NO8P+. The third-order valence-electron chi connectivity index (χ3n) is 14.2. The summed E-state index contributed by atoms with van der Waals surface area (Å²) >= 11 is 0. The van der Waals surface area contributed by atoms with Crippen molar-refractivity contribution in [3.8, 4) is 0 Å². The van der Waals surface area contributed by atoms with Crippen molar-refractivity contribution in [2.75, 3.05) is 47.5 Å². The minimum atomic E-state index is -4.41. The van der Waals surface area contributed by atoms with Gasteiger partial charge in [-0.25, -0.2) is 4.57 Å². The minimum Gasteiger partial charge on any atom is -0.462 e. The molecule has 0 radical (unpaired) electrons. The molecule has 0 aromatic rings. The maximum atomic E-state index is 12.9.